The smallest absolute Gasteiger partial charge is 0.326 e. The first-order valence-electron chi connectivity index (χ1n) is 9.20. The molecule has 0 saturated carbocycles. The maximum absolute atomic E-state index is 11.9. The van der Waals surface area contributed by atoms with Crippen LogP contribution in [0.25, 0.3) is 10.4 Å². The number of nitrogens with two attached hydrogens (primary N) is 2. The molecule has 0 radical (unpaired) electrons. The second-order valence-corrected chi connectivity index (χ2v) is 6.65. The Morgan fingerprint density at radius 3 is 2.13 bits per heavy atom. The Bertz CT molecular complexity index is 806. The topological polar surface area (TPSA) is 234 Å². The van der Waals surface area contributed by atoms with Gasteiger partial charge in [0, 0.05) is 22.7 Å². The van der Waals surface area contributed by atoms with Crippen LogP contribution in [-0.2, 0) is 9.59 Å². The molecule has 31 heavy (non-hydrogen) atoms. The number of benzene rings is 1. The highest BCUT2D eigenvalue weighted by Crippen LogP contribution is 2.13. The van der Waals surface area contributed by atoms with E-state index in [2.05, 4.69) is 20.7 Å². The van der Waals surface area contributed by atoms with Crippen LogP contribution in [0.1, 0.15) is 37.0 Å². The molecular weight excluding hydrogens is 410 g/mol. The number of aliphatic carboxylic acids is 2. The lowest BCUT2D eigenvalue weighted by Gasteiger charge is -2.17. The summed E-state index contributed by atoms with van der Waals surface area (Å²) in [4.78, 5) is 45.8. The number of urea groups is 1. The number of carboxylic acid groups (broad SMARTS) is 2. The van der Waals surface area contributed by atoms with Gasteiger partial charge in [-0.2, -0.15) is 0 Å². The Hall–Kier alpha value is -3.83. The summed E-state index contributed by atoms with van der Waals surface area (Å²) in [7, 11) is 0. The quantitative estimate of drug-likeness (QED) is 0.136. The first-order chi connectivity index (χ1) is 14.5. The molecule has 0 heterocycles. The zero-order chi connectivity index (χ0) is 24.0. The second kappa shape index (κ2) is 14.2. The van der Waals surface area contributed by atoms with Crippen LogP contribution in [0.15, 0.2) is 29.4 Å². The molecular formula is C18H27N7O6. The summed E-state index contributed by atoms with van der Waals surface area (Å²) in [5.74, 6) is -2.80. The van der Waals surface area contributed by atoms with Gasteiger partial charge in [0.2, 0.25) is 0 Å². The summed E-state index contributed by atoms with van der Waals surface area (Å²) in [6, 6.07) is 3.50. The summed E-state index contributed by atoms with van der Waals surface area (Å²) in [6.45, 7) is 3.78. The highest BCUT2D eigenvalue weighted by atomic mass is 16.4. The number of carbonyl (C=O) groups excluding carboxylic acids is 2. The number of hydrogen-bond acceptors (Lipinski definition) is 6. The predicted octanol–water partition coefficient (Wildman–Crippen LogP) is 1.31. The molecule has 0 bridgehead atoms. The summed E-state index contributed by atoms with van der Waals surface area (Å²) < 4.78 is 0. The number of carboxylic acids is 2. The number of amides is 3. The lowest BCUT2D eigenvalue weighted by Crippen LogP contribution is -2.44. The van der Waals surface area contributed by atoms with Crippen LogP contribution in [0.5, 0.6) is 0 Å². The number of primary amides is 1. The van der Waals surface area contributed by atoms with E-state index in [1.54, 1.807) is 13.8 Å². The van der Waals surface area contributed by atoms with E-state index >= 15 is 0 Å². The molecule has 13 heteroatoms. The minimum absolute atomic E-state index is 0.219. The molecule has 13 nitrogen and oxygen atoms in total. The van der Waals surface area contributed by atoms with Crippen molar-refractivity contribution in [1.29, 1.82) is 0 Å². The van der Waals surface area contributed by atoms with Gasteiger partial charge in [0.05, 0.1) is 0 Å². The van der Waals surface area contributed by atoms with Crippen LogP contribution < -0.4 is 22.1 Å². The van der Waals surface area contributed by atoms with Crippen molar-refractivity contribution in [1.82, 2.24) is 10.6 Å². The summed E-state index contributed by atoms with van der Waals surface area (Å²) in [5.41, 5.74) is 18.9. The fraction of sp³-hybridized carbons (Fsp3) is 0.444. The highest BCUT2D eigenvalue weighted by molar-refractivity contribution is 5.96. The second-order valence-electron chi connectivity index (χ2n) is 6.65. The van der Waals surface area contributed by atoms with Gasteiger partial charge in [-0.1, -0.05) is 31.1 Å². The number of azide groups is 1. The molecule has 170 valence electrons. The molecule has 3 amide bonds. The lowest BCUT2D eigenvalue weighted by molar-refractivity contribution is -0.140. The van der Waals surface area contributed by atoms with E-state index in [1.165, 1.54) is 24.3 Å². The maximum atomic E-state index is 11.9. The van der Waals surface area contributed by atoms with Crippen molar-refractivity contribution < 1.29 is 29.4 Å². The van der Waals surface area contributed by atoms with E-state index < -0.39 is 36.0 Å². The Kier molecular flexibility index (Phi) is 12.4. The molecule has 0 aliphatic heterocycles. The largest absolute Gasteiger partial charge is 0.480 e. The van der Waals surface area contributed by atoms with E-state index in [0.717, 1.165) is 0 Å². The van der Waals surface area contributed by atoms with E-state index in [0.29, 0.717) is 30.6 Å². The molecule has 0 saturated heterocycles. The van der Waals surface area contributed by atoms with Crippen molar-refractivity contribution in [3.05, 3.63) is 40.3 Å². The number of nitrogens with zero attached hydrogens (tertiary/aromatic N) is 3. The van der Waals surface area contributed by atoms with Gasteiger partial charge in [0.25, 0.3) is 5.91 Å². The number of hydrogen-bond donors (Lipinski definition) is 6. The summed E-state index contributed by atoms with van der Waals surface area (Å²) in [5, 5.41) is 25.5. The van der Waals surface area contributed by atoms with Crippen LogP contribution in [0, 0.1) is 5.92 Å². The zero-order valence-electron chi connectivity index (χ0n) is 17.2. The van der Waals surface area contributed by atoms with Gasteiger partial charge in [-0.15, -0.1) is 0 Å². The third kappa shape index (κ3) is 11.7. The maximum Gasteiger partial charge on any atom is 0.326 e. The van der Waals surface area contributed by atoms with Gasteiger partial charge in [0.1, 0.15) is 12.1 Å². The zero-order valence-corrected chi connectivity index (χ0v) is 17.2. The van der Waals surface area contributed by atoms with E-state index in [-0.39, 0.29) is 5.92 Å². The standard InChI is InChI=1S/C12H14N4O3.C6H13N3O3/c1-7(2)10(12(18)19)14-11(17)8-3-5-9(6-4-8)15-16-13;7-4(5(10)11)2-1-3-9-6(8)12/h3-7,10H,1-2H3,(H,14,17)(H,18,19);4H,1-3,7H2,(H,10,11)(H3,8,9,12). The molecule has 1 rings (SSSR count). The SMILES string of the molecule is CC(C)C(NC(=O)c1ccc(N=[N+]=[N-])cc1)C(=O)O.NC(=O)NCCCC(N)C(=O)O. The van der Waals surface area contributed by atoms with E-state index in [1.807, 2.05) is 0 Å². The summed E-state index contributed by atoms with van der Waals surface area (Å²) in [6.07, 6.45) is 0.839. The van der Waals surface area contributed by atoms with Crippen molar-refractivity contribution in [2.24, 2.45) is 22.5 Å². The van der Waals surface area contributed by atoms with Crippen LogP contribution in [0.2, 0.25) is 0 Å². The number of carbonyl (C=O) groups is 4. The minimum Gasteiger partial charge on any atom is -0.480 e. The molecule has 0 aliphatic rings. The van der Waals surface area contributed by atoms with E-state index in [9.17, 15) is 19.2 Å². The van der Waals surface area contributed by atoms with Crippen LogP contribution in [0.3, 0.4) is 0 Å². The molecule has 8 N–H and O–H groups in total. The van der Waals surface area contributed by atoms with E-state index in [4.69, 9.17) is 27.2 Å². The molecule has 0 aliphatic carbocycles. The lowest BCUT2D eigenvalue weighted by atomic mass is 10.0. The van der Waals surface area contributed by atoms with Gasteiger partial charge in [-0.25, -0.2) is 9.59 Å². The average molecular weight is 437 g/mol. The first kappa shape index (κ1) is 27.2. The Morgan fingerprint density at radius 2 is 1.71 bits per heavy atom. The number of rotatable bonds is 10. The van der Waals surface area contributed by atoms with Crippen LogP contribution in [0.4, 0.5) is 10.5 Å². The average Bonchev–Trinajstić information content (AvgIpc) is 2.69. The highest BCUT2D eigenvalue weighted by Gasteiger charge is 2.23. The Morgan fingerprint density at radius 1 is 1.13 bits per heavy atom. The normalized spacial score (nSPS) is 11.7. The molecule has 0 aromatic heterocycles. The van der Waals surface area contributed by atoms with Crippen LogP contribution in [-0.4, -0.2) is 52.7 Å². The van der Waals surface area contributed by atoms with Gasteiger partial charge in [0.15, 0.2) is 0 Å². The van der Waals surface area contributed by atoms with Crippen LogP contribution >= 0.6 is 0 Å². The molecule has 1 aromatic carbocycles. The van der Waals surface area contributed by atoms with Gasteiger partial charge in [-0.05, 0) is 36.4 Å². The monoisotopic (exact) mass is 437 g/mol. The van der Waals surface area contributed by atoms with Gasteiger partial charge < -0.3 is 32.3 Å². The number of nitrogens with one attached hydrogen (secondary N) is 2. The third-order valence-corrected chi connectivity index (χ3v) is 3.82. The van der Waals surface area contributed by atoms with Gasteiger partial charge >= 0.3 is 18.0 Å². The van der Waals surface area contributed by atoms with Crippen molar-refractivity contribution in [2.45, 2.75) is 38.8 Å². The fourth-order valence-corrected chi connectivity index (χ4v) is 2.13. The first-order valence-corrected chi connectivity index (χ1v) is 9.20. The molecule has 2 atom stereocenters. The molecule has 2 unspecified atom stereocenters. The van der Waals surface area contributed by atoms with Crippen molar-refractivity contribution in [2.75, 3.05) is 6.54 Å². The Balaban J connectivity index is 0.000000649. The Labute approximate surface area is 178 Å². The van der Waals surface area contributed by atoms with Crippen molar-refractivity contribution in [3.8, 4) is 0 Å². The minimum atomic E-state index is -1.07. The van der Waals surface area contributed by atoms with Crippen molar-refractivity contribution in [3.63, 3.8) is 0 Å². The molecule has 0 spiro atoms. The molecule has 0 fully saturated rings. The molecule has 1 aromatic rings. The van der Waals surface area contributed by atoms with Crippen molar-refractivity contribution >= 4 is 29.6 Å². The van der Waals surface area contributed by atoms with Gasteiger partial charge in [-0.3, -0.25) is 9.59 Å². The summed E-state index contributed by atoms with van der Waals surface area (Å²) >= 11 is 0. The third-order valence-electron chi connectivity index (χ3n) is 3.82. The fourth-order valence-electron chi connectivity index (χ4n) is 2.13. The predicted molar refractivity (Wildman–Crippen MR) is 111 cm³/mol.